The minimum Gasteiger partial charge on any atom is -0.338 e. The Bertz CT molecular complexity index is 1240. The molecule has 5 rings (SSSR count). The van der Waals surface area contributed by atoms with Gasteiger partial charge in [0.1, 0.15) is 0 Å². The third-order valence-electron chi connectivity index (χ3n) is 5.82. The molecular formula is C26H24N4O2S2. The van der Waals surface area contributed by atoms with Crippen molar-refractivity contribution in [3.05, 3.63) is 72.8 Å². The van der Waals surface area contributed by atoms with E-state index >= 15 is 0 Å². The van der Waals surface area contributed by atoms with Crippen LogP contribution >= 0.6 is 23.5 Å². The molecule has 172 valence electrons. The molecule has 0 radical (unpaired) electrons. The van der Waals surface area contributed by atoms with E-state index in [-0.39, 0.29) is 11.8 Å². The van der Waals surface area contributed by atoms with Crippen molar-refractivity contribution >= 4 is 57.1 Å². The fourth-order valence-corrected chi connectivity index (χ4v) is 5.48. The van der Waals surface area contributed by atoms with Crippen LogP contribution in [-0.2, 0) is 9.59 Å². The molecule has 0 spiro atoms. The van der Waals surface area contributed by atoms with Crippen LogP contribution in [0.1, 0.15) is 0 Å². The van der Waals surface area contributed by atoms with Crippen LogP contribution in [0.15, 0.2) is 82.8 Å². The molecule has 2 aromatic heterocycles. The Balaban J connectivity index is 1.08. The van der Waals surface area contributed by atoms with Gasteiger partial charge in [-0.2, -0.15) is 0 Å². The van der Waals surface area contributed by atoms with Crippen LogP contribution in [0, 0.1) is 0 Å². The molecule has 0 aliphatic carbocycles. The average Bonchev–Trinajstić information content (AvgIpc) is 2.90. The van der Waals surface area contributed by atoms with E-state index in [1.54, 1.807) is 0 Å². The van der Waals surface area contributed by atoms with Crippen LogP contribution in [-0.4, -0.2) is 69.3 Å². The van der Waals surface area contributed by atoms with Gasteiger partial charge in [-0.05, 0) is 24.3 Å². The molecule has 1 fully saturated rings. The lowest BCUT2D eigenvalue weighted by Crippen LogP contribution is -2.51. The van der Waals surface area contributed by atoms with Gasteiger partial charge in [-0.3, -0.25) is 9.59 Å². The predicted molar refractivity (Wildman–Crippen MR) is 138 cm³/mol. The second kappa shape index (κ2) is 10.4. The number of piperazine rings is 1. The van der Waals surface area contributed by atoms with Gasteiger partial charge in [-0.25, -0.2) is 9.97 Å². The highest BCUT2D eigenvalue weighted by atomic mass is 32.2. The second-order valence-corrected chi connectivity index (χ2v) is 10.0. The number of nitrogens with zero attached hydrogens (tertiary/aromatic N) is 4. The zero-order valence-corrected chi connectivity index (χ0v) is 20.2. The van der Waals surface area contributed by atoms with Gasteiger partial charge in [0.15, 0.2) is 0 Å². The van der Waals surface area contributed by atoms with Crippen molar-refractivity contribution in [3.8, 4) is 0 Å². The number of fused-ring (bicyclic) bond motifs is 2. The van der Waals surface area contributed by atoms with Crippen LogP contribution in [0.25, 0.3) is 21.8 Å². The zero-order chi connectivity index (χ0) is 23.3. The van der Waals surface area contributed by atoms with Gasteiger partial charge in [-0.15, -0.1) is 0 Å². The summed E-state index contributed by atoms with van der Waals surface area (Å²) in [5.41, 5.74) is 1.87. The predicted octanol–water partition coefficient (Wildman–Crippen LogP) is 4.34. The number of benzene rings is 2. The van der Waals surface area contributed by atoms with Crippen LogP contribution in [0.2, 0.25) is 0 Å². The SMILES string of the molecule is O=C(CSc1ccc2ccccc2n1)N1CCN(C(=O)CSc2ccc3ccccc3n2)CC1. The van der Waals surface area contributed by atoms with Crippen molar-refractivity contribution < 1.29 is 9.59 Å². The van der Waals surface area contributed by atoms with E-state index in [0.717, 1.165) is 31.9 Å². The molecule has 34 heavy (non-hydrogen) atoms. The molecule has 4 aromatic rings. The van der Waals surface area contributed by atoms with Crippen molar-refractivity contribution in [2.24, 2.45) is 0 Å². The molecule has 3 heterocycles. The first kappa shape index (κ1) is 22.7. The number of carbonyl (C=O) groups is 2. The molecule has 2 aromatic carbocycles. The van der Waals surface area contributed by atoms with Crippen LogP contribution in [0.4, 0.5) is 0 Å². The Kier molecular flexibility index (Phi) is 6.97. The summed E-state index contributed by atoms with van der Waals surface area (Å²) in [6, 6.07) is 23.9. The monoisotopic (exact) mass is 488 g/mol. The lowest BCUT2D eigenvalue weighted by atomic mass is 10.2. The van der Waals surface area contributed by atoms with Crippen LogP contribution < -0.4 is 0 Å². The minimum atomic E-state index is 0.0850. The lowest BCUT2D eigenvalue weighted by molar-refractivity contribution is -0.136. The molecule has 1 aliphatic rings. The summed E-state index contributed by atoms with van der Waals surface area (Å²) in [4.78, 5) is 38.3. The number of carbonyl (C=O) groups excluding carboxylic acids is 2. The van der Waals surface area contributed by atoms with Gasteiger partial charge >= 0.3 is 0 Å². The molecule has 8 heteroatoms. The molecular weight excluding hydrogens is 464 g/mol. The van der Waals surface area contributed by atoms with E-state index < -0.39 is 0 Å². The molecule has 0 unspecified atom stereocenters. The average molecular weight is 489 g/mol. The minimum absolute atomic E-state index is 0.0850. The maximum Gasteiger partial charge on any atom is 0.233 e. The van der Waals surface area contributed by atoms with Gasteiger partial charge in [0.25, 0.3) is 0 Å². The number of thioether (sulfide) groups is 2. The molecule has 0 N–H and O–H groups in total. The van der Waals surface area contributed by atoms with Gasteiger partial charge in [0.05, 0.1) is 32.6 Å². The molecule has 2 amide bonds. The largest absolute Gasteiger partial charge is 0.338 e. The van der Waals surface area contributed by atoms with Crippen molar-refractivity contribution in [3.63, 3.8) is 0 Å². The van der Waals surface area contributed by atoms with Gasteiger partial charge in [-0.1, -0.05) is 72.1 Å². The van der Waals surface area contributed by atoms with E-state index in [1.165, 1.54) is 23.5 Å². The van der Waals surface area contributed by atoms with E-state index in [9.17, 15) is 9.59 Å². The third kappa shape index (κ3) is 5.34. The van der Waals surface area contributed by atoms with Crippen LogP contribution in [0.3, 0.4) is 0 Å². The van der Waals surface area contributed by atoms with Gasteiger partial charge in [0, 0.05) is 37.0 Å². The summed E-state index contributed by atoms with van der Waals surface area (Å²) in [5.74, 6) is 0.870. The summed E-state index contributed by atoms with van der Waals surface area (Å²) < 4.78 is 0. The molecule has 1 aliphatic heterocycles. The number of hydrogen-bond donors (Lipinski definition) is 0. The summed E-state index contributed by atoms with van der Waals surface area (Å²) in [5, 5.41) is 3.88. The Hall–Kier alpha value is -3.10. The topological polar surface area (TPSA) is 66.4 Å². The molecule has 1 saturated heterocycles. The highest BCUT2D eigenvalue weighted by molar-refractivity contribution is 8.00. The summed E-state index contributed by atoms with van der Waals surface area (Å²) >= 11 is 2.91. The normalized spacial score (nSPS) is 14.0. The first-order valence-corrected chi connectivity index (χ1v) is 13.2. The fraction of sp³-hybridized carbons (Fsp3) is 0.231. The number of rotatable bonds is 6. The smallest absolute Gasteiger partial charge is 0.233 e. The molecule has 0 atom stereocenters. The van der Waals surface area contributed by atoms with Crippen LogP contribution in [0.5, 0.6) is 0 Å². The fourth-order valence-electron chi connectivity index (χ4n) is 3.91. The quantitative estimate of drug-likeness (QED) is 0.376. The van der Waals surface area contributed by atoms with Crippen molar-refractivity contribution in [1.82, 2.24) is 19.8 Å². The van der Waals surface area contributed by atoms with E-state index in [1.807, 2.05) is 82.6 Å². The van der Waals surface area contributed by atoms with E-state index in [4.69, 9.17) is 0 Å². The molecule has 6 nitrogen and oxygen atoms in total. The van der Waals surface area contributed by atoms with Gasteiger partial charge in [0.2, 0.25) is 11.8 Å². The number of para-hydroxylation sites is 2. The first-order chi connectivity index (χ1) is 16.7. The Morgan fingerprint density at radius 1 is 0.618 bits per heavy atom. The highest BCUT2D eigenvalue weighted by Gasteiger charge is 2.24. The standard InChI is InChI=1S/C26H24N4O2S2/c31-25(17-33-23-11-9-19-5-1-3-7-21(19)27-23)29-13-15-30(16-14-29)26(32)18-34-24-12-10-20-6-2-4-8-22(20)28-24/h1-12H,13-18H2. The van der Waals surface area contributed by atoms with Gasteiger partial charge < -0.3 is 9.80 Å². The summed E-state index contributed by atoms with van der Waals surface area (Å²) in [7, 11) is 0. The van der Waals surface area contributed by atoms with Crippen molar-refractivity contribution in [2.75, 3.05) is 37.7 Å². The first-order valence-electron chi connectivity index (χ1n) is 11.2. The zero-order valence-electron chi connectivity index (χ0n) is 18.6. The summed E-state index contributed by atoms with van der Waals surface area (Å²) in [6.45, 7) is 2.26. The highest BCUT2D eigenvalue weighted by Crippen LogP contribution is 2.22. The van der Waals surface area contributed by atoms with E-state index in [0.29, 0.717) is 37.7 Å². The maximum atomic E-state index is 12.7. The summed E-state index contributed by atoms with van der Waals surface area (Å²) in [6.07, 6.45) is 0. The third-order valence-corrected chi connectivity index (χ3v) is 7.65. The Labute approximate surface area is 206 Å². The number of amides is 2. The van der Waals surface area contributed by atoms with E-state index in [2.05, 4.69) is 9.97 Å². The Morgan fingerprint density at radius 2 is 1.03 bits per heavy atom. The van der Waals surface area contributed by atoms with Crippen molar-refractivity contribution in [2.45, 2.75) is 10.1 Å². The van der Waals surface area contributed by atoms with Crippen molar-refractivity contribution in [1.29, 1.82) is 0 Å². The maximum absolute atomic E-state index is 12.7. The number of aromatic nitrogens is 2. The molecule has 0 saturated carbocycles. The Morgan fingerprint density at radius 3 is 1.47 bits per heavy atom. The lowest BCUT2D eigenvalue weighted by Gasteiger charge is -2.34. The molecule has 0 bridgehead atoms. The number of pyridine rings is 2. The number of hydrogen-bond acceptors (Lipinski definition) is 6. The second-order valence-electron chi connectivity index (χ2n) is 8.02.